The first-order valence-electron chi connectivity index (χ1n) is 8.80. The highest BCUT2D eigenvalue weighted by Gasteiger charge is 2.19. The average molecular weight is 408 g/mol. The fourth-order valence-corrected chi connectivity index (χ4v) is 3.77. The van der Waals surface area contributed by atoms with Crippen LogP contribution in [0.25, 0.3) is 0 Å². The third kappa shape index (κ3) is 4.99. The summed E-state index contributed by atoms with van der Waals surface area (Å²) in [5, 5.41) is 2.49. The normalized spacial score (nSPS) is 13.2. The fraction of sp³-hybridized carbons (Fsp3) is 0.316. The molecule has 9 heteroatoms. The number of nitrogens with one attached hydrogen (secondary N) is 2. The Hall–Kier alpha value is -2.65. The van der Waals surface area contributed by atoms with Gasteiger partial charge in [0.25, 0.3) is 0 Å². The number of fused-ring (bicyclic) bond motifs is 1. The van der Waals surface area contributed by atoms with E-state index < -0.39 is 15.8 Å². The minimum atomic E-state index is -3.74. The molecule has 1 amide bonds. The second-order valence-corrected chi connectivity index (χ2v) is 8.11. The number of aryl methyl sites for hydroxylation is 1. The van der Waals surface area contributed by atoms with E-state index in [-0.39, 0.29) is 35.9 Å². The summed E-state index contributed by atoms with van der Waals surface area (Å²) in [4.78, 5) is 12.0. The number of anilines is 1. The zero-order valence-electron chi connectivity index (χ0n) is 15.3. The van der Waals surface area contributed by atoms with E-state index in [4.69, 9.17) is 9.47 Å². The number of carbonyl (C=O) groups is 1. The SMILES string of the molecule is Cc1ccc(F)c(NC(=O)CCCNS(=O)(=O)c2ccc3c(c2)OCCO3)c1. The van der Waals surface area contributed by atoms with Gasteiger partial charge in [0.2, 0.25) is 15.9 Å². The summed E-state index contributed by atoms with van der Waals surface area (Å²) in [5.74, 6) is -0.0137. The van der Waals surface area contributed by atoms with Crippen molar-refractivity contribution in [1.82, 2.24) is 4.72 Å². The molecule has 2 N–H and O–H groups in total. The first-order valence-corrected chi connectivity index (χ1v) is 10.3. The Kier molecular flexibility index (Phi) is 6.15. The predicted octanol–water partition coefficient (Wildman–Crippen LogP) is 2.60. The molecule has 0 spiro atoms. The number of halogens is 1. The van der Waals surface area contributed by atoms with Crippen molar-refractivity contribution in [2.24, 2.45) is 0 Å². The van der Waals surface area contributed by atoms with Crippen molar-refractivity contribution >= 4 is 21.6 Å². The maximum Gasteiger partial charge on any atom is 0.240 e. The third-order valence-electron chi connectivity index (χ3n) is 4.09. The van der Waals surface area contributed by atoms with Crippen LogP contribution in [-0.4, -0.2) is 34.1 Å². The molecular formula is C19H21FN2O5S. The standard InChI is InChI=1S/C19H21FN2O5S/c1-13-4-6-15(20)16(11-13)22-19(23)3-2-8-21-28(24,25)14-5-7-17-18(12-14)27-10-9-26-17/h4-7,11-12,21H,2-3,8-10H2,1H3,(H,22,23). The summed E-state index contributed by atoms with van der Waals surface area (Å²) in [7, 11) is -3.74. The molecule has 0 atom stereocenters. The number of benzene rings is 2. The number of rotatable bonds is 7. The van der Waals surface area contributed by atoms with Crippen LogP contribution in [0.2, 0.25) is 0 Å². The second-order valence-electron chi connectivity index (χ2n) is 6.34. The number of hydrogen-bond acceptors (Lipinski definition) is 5. The third-order valence-corrected chi connectivity index (χ3v) is 5.55. The van der Waals surface area contributed by atoms with Gasteiger partial charge < -0.3 is 14.8 Å². The molecule has 0 aliphatic carbocycles. The zero-order chi connectivity index (χ0) is 20.1. The number of carbonyl (C=O) groups excluding carboxylic acids is 1. The molecule has 150 valence electrons. The van der Waals surface area contributed by atoms with Gasteiger partial charge in [0.15, 0.2) is 11.5 Å². The molecule has 1 aliphatic rings. The number of sulfonamides is 1. The van der Waals surface area contributed by atoms with E-state index in [1.54, 1.807) is 19.1 Å². The van der Waals surface area contributed by atoms with Gasteiger partial charge in [-0.1, -0.05) is 6.07 Å². The Labute approximate surface area is 162 Å². The van der Waals surface area contributed by atoms with E-state index in [9.17, 15) is 17.6 Å². The van der Waals surface area contributed by atoms with Gasteiger partial charge in [0.05, 0.1) is 10.6 Å². The number of ether oxygens (including phenoxy) is 2. The van der Waals surface area contributed by atoms with Crippen LogP contribution in [0.4, 0.5) is 10.1 Å². The van der Waals surface area contributed by atoms with Gasteiger partial charge in [0.1, 0.15) is 19.0 Å². The Morgan fingerprint density at radius 3 is 2.64 bits per heavy atom. The number of amides is 1. The quantitative estimate of drug-likeness (QED) is 0.687. The van der Waals surface area contributed by atoms with Gasteiger partial charge in [-0.15, -0.1) is 0 Å². The van der Waals surface area contributed by atoms with Gasteiger partial charge >= 0.3 is 0 Å². The van der Waals surface area contributed by atoms with Crippen LogP contribution in [0.1, 0.15) is 18.4 Å². The summed E-state index contributed by atoms with van der Waals surface area (Å²) in [6.45, 7) is 2.65. The molecule has 28 heavy (non-hydrogen) atoms. The average Bonchev–Trinajstić information content (AvgIpc) is 2.68. The molecule has 3 rings (SSSR count). The molecule has 0 bridgehead atoms. The van der Waals surface area contributed by atoms with Gasteiger partial charge in [-0.3, -0.25) is 4.79 Å². The first kappa shape index (κ1) is 20.1. The highest BCUT2D eigenvalue weighted by molar-refractivity contribution is 7.89. The molecule has 2 aromatic carbocycles. The summed E-state index contributed by atoms with van der Waals surface area (Å²) >= 11 is 0. The first-order chi connectivity index (χ1) is 13.3. The van der Waals surface area contributed by atoms with Gasteiger partial charge in [-0.2, -0.15) is 0 Å². The van der Waals surface area contributed by atoms with E-state index in [1.165, 1.54) is 24.3 Å². The molecule has 0 fully saturated rings. The monoisotopic (exact) mass is 408 g/mol. The Balaban J connectivity index is 1.50. The smallest absolute Gasteiger partial charge is 0.240 e. The molecule has 0 radical (unpaired) electrons. The van der Waals surface area contributed by atoms with Crippen molar-refractivity contribution in [1.29, 1.82) is 0 Å². The van der Waals surface area contributed by atoms with Crippen molar-refractivity contribution in [2.75, 3.05) is 25.1 Å². The van der Waals surface area contributed by atoms with Crippen LogP contribution < -0.4 is 19.5 Å². The maximum atomic E-state index is 13.7. The highest BCUT2D eigenvalue weighted by Crippen LogP contribution is 2.32. The summed E-state index contributed by atoms with van der Waals surface area (Å²) in [6.07, 6.45) is 0.320. The van der Waals surface area contributed by atoms with Crippen molar-refractivity contribution in [3.8, 4) is 11.5 Å². The summed E-state index contributed by atoms with van der Waals surface area (Å²) in [5.41, 5.74) is 0.936. The Morgan fingerprint density at radius 2 is 1.86 bits per heavy atom. The highest BCUT2D eigenvalue weighted by atomic mass is 32.2. The lowest BCUT2D eigenvalue weighted by molar-refractivity contribution is -0.116. The van der Waals surface area contributed by atoms with E-state index in [0.29, 0.717) is 24.7 Å². The molecule has 0 saturated carbocycles. The lowest BCUT2D eigenvalue weighted by Crippen LogP contribution is -2.26. The van der Waals surface area contributed by atoms with Crippen LogP contribution >= 0.6 is 0 Å². The second kappa shape index (κ2) is 8.57. The molecule has 1 heterocycles. The van der Waals surface area contributed by atoms with Crippen molar-refractivity contribution < 1.29 is 27.1 Å². The Bertz CT molecular complexity index is 978. The van der Waals surface area contributed by atoms with Gasteiger partial charge in [-0.25, -0.2) is 17.5 Å². The zero-order valence-corrected chi connectivity index (χ0v) is 16.1. The molecule has 1 aliphatic heterocycles. The van der Waals surface area contributed by atoms with Crippen molar-refractivity contribution in [2.45, 2.75) is 24.7 Å². The van der Waals surface area contributed by atoms with Crippen LogP contribution in [0.3, 0.4) is 0 Å². The largest absolute Gasteiger partial charge is 0.486 e. The lowest BCUT2D eigenvalue weighted by Gasteiger charge is -2.18. The van der Waals surface area contributed by atoms with E-state index >= 15 is 0 Å². The lowest BCUT2D eigenvalue weighted by atomic mass is 10.2. The van der Waals surface area contributed by atoms with Crippen LogP contribution in [0.15, 0.2) is 41.3 Å². The van der Waals surface area contributed by atoms with Crippen molar-refractivity contribution in [3.63, 3.8) is 0 Å². The fourth-order valence-electron chi connectivity index (χ4n) is 2.68. The van der Waals surface area contributed by atoms with E-state index in [1.807, 2.05) is 0 Å². The maximum absolute atomic E-state index is 13.7. The topological polar surface area (TPSA) is 93.7 Å². The van der Waals surface area contributed by atoms with E-state index in [0.717, 1.165) is 5.56 Å². The minimum absolute atomic E-state index is 0.0526. The van der Waals surface area contributed by atoms with Crippen molar-refractivity contribution in [3.05, 3.63) is 47.8 Å². The molecule has 0 saturated heterocycles. The minimum Gasteiger partial charge on any atom is -0.486 e. The number of hydrogen-bond donors (Lipinski definition) is 2. The van der Waals surface area contributed by atoms with E-state index in [2.05, 4.69) is 10.0 Å². The Morgan fingerprint density at radius 1 is 1.11 bits per heavy atom. The van der Waals surface area contributed by atoms with Crippen LogP contribution in [0, 0.1) is 12.7 Å². The molecule has 7 nitrogen and oxygen atoms in total. The van der Waals surface area contributed by atoms with Gasteiger partial charge in [0, 0.05) is 19.0 Å². The summed E-state index contributed by atoms with van der Waals surface area (Å²) in [6, 6.07) is 8.82. The van der Waals surface area contributed by atoms with Crippen LogP contribution in [-0.2, 0) is 14.8 Å². The molecule has 0 aromatic heterocycles. The molecule has 2 aromatic rings. The summed E-state index contributed by atoms with van der Waals surface area (Å²) < 4.78 is 51.6. The van der Waals surface area contributed by atoms with Gasteiger partial charge in [-0.05, 0) is 43.2 Å². The van der Waals surface area contributed by atoms with Crippen LogP contribution in [0.5, 0.6) is 11.5 Å². The molecular weight excluding hydrogens is 387 g/mol. The predicted molar refractivity (Wildman–Crippen MR) is 102 cm³/mol. The molecule has 0 unspecified atom stereocenters.